The van der Waals surface area contributed by atoms with E-state index in [1.54, 1.807) is 0 Å². The molecule has 0 radical (unpaired) electrons. The third kappa shape index (κ3) is 2.67. The summed E-state index contributed by atoms with van der Waals surface area (Å²) in [7, 11) is 0. The number of aromatic nitrogens is 2. The van der Waals surface area contributed by atoms with Crippen molar-refractivity contribution >= 4 is 17.4 Å². The number of halogens is 2. The Morgan fingerprint density at radius 3 is 2.89 bits per heavy atom. The first-order valence-corrected chi connectivity index (χ1v) is 7.13. The molecular formula is C13H17ClFN3O. The molecule has 2 heterocycles. The Bertz CT molecular complexity index is 460. The fourth-order valence-corrected chi connectivity index (χ4v) is 3.21. The van der Waals surface area contributed by atoms with Crippen LogP contribution in [0.2, 0.25) is 5.28 Å². The highest BCUT2D eigenvalue weighted by Gasteiger charge is 2.38. The van der Waals surface area contributed by atoms with Crippen molar-refractivity contribution in [3.8, 4) is 0 Å². The predicted octanol–water partition coefficient (Wildman–Crippen LogP) is 2.81. The summed E-state index contributed by atoms with van der Waals surface area (Å²) in [6.45, 7) is 1.95. The van der Waals surface area contributed by atoms with Gasteiger partial charge in [0.1, 0.15) is 0 Å². The van der Waals surface area contributed by atoms with E-state index in [0.29, 0.717) is 25.5 Å². The Kier molecular flexibility index (Phi) is 3.58. The van der Waals surface area contributed by atoms with Crippen LogP contribution in [0.3, 0.4) is 0 Å². The minimum atomic E-state index is -0.419. The molecule has 6 heteroatoms. The minimum absolute atomic E-state index is 0.0839. The van der Waals surface area contributed by atoms with Crippen LogP contribution in [0.25, 0.3) is 0 Å². The smallest absolute Gasteiger partial charge is 0.224 e. The predicted molar refractivity (Wildman–Crippen MR) is 71.0 cm³/mol. The molecule has 19 heavy (non-hydrogen) atoms. The van der Waals surface area contributed by atoms with Crippen molar-refractivity contribution in [3.63, 3.8) is 0 Å². The van der Waals surface area contributed by atoms with Crippen molar-refractivity contribution in [2.45, 2.75) is 37.7 Å². The fourth-order valence-electron chi connectivity index (χ4n) is 3.08. The Morgan fingerprint density at radius 2 is 2.11 bits per heavy atom. The molecule has 4 nitrogen and oxygen atoms in total. The van der Waals surface area contributed by atoms with Gasteiger partial charge in [-0.05, 0) is 24.4 Å². The van der Waals surface area contributed by atoms with Crippen LogP contribution in [0.5, 0.6) is 0 Å². The van der Waals surface area contributed by atoms with Crippen molar-refractivity contribution in [1.82, 2.24) is 9.97 Å². The average Bonchev–Trinajstić information content (AvgIpc) is 2.42. The van der Waals surface area contributed by atoms with Crippen LogP contribution in [0.4, 0.5) is 10.2 Å². The number of rotatable bonds is 1. The number of morpholine rings is 1. The molecule has 2 fully saturated rings. The molecule has 1 aromatic heterocycles. The van der Waals surface area contributed by atoms with Crippen LogP contribution < -0.4 is 4.90 Å². The highest BCUT2D eigenvalue weighted by molar-refractivity contribution is 6.28. The maximum atomic E-state index is 13.8. The van der Waals surface area contributed by atoms with Crippen LogP contribution in [-0.2, 0) is 4.74 Å². The van der Waals surface area contributed by atoms with Gasteiger partial charge in [-0.1, -0.05) is 19.3 Å². The molecule has 0 bridgehead atoms. The summed E-state index contributed by atoms with van der Waals surface area (Å²) in [5, 5.41) is 0.0839. The fraction of sp³-hybridized carbons (Fsp3) is 0.692. The summed E-state index contributed by atoms with van der Waals surface area (Å²) >= 11 is 5.77. The molecule has 1 aliphatic carbocycles. The normalized spacial score (nSPS) is 22.7. The molecule has 1 aliphatic heterocycles. The monoisotopic (exact) mass is 285 g/mol. The van der Waals surface area contributed by atoms with E-state index in [9.17, 15) is 4.39 Å². The van der Waals surface area contributed by atoms with Gasteiger partial charge in [0, 0.05) is 13.1 Å². The van der Waals surface area contributed by atoms with Crippen molar-refractivity contribution in [2.75, 3.05) is 24.6 Å². The molecule has 1 saturated heterocycles. The van der Waals surface area contributed by atoms with Crippen LogP contribution in [0.15, 0.2) is 6.20 Å². The Morgan fingerprint density at radius 1 is 1.32 bits per heavy atom. The first kappa shape index (κ1) is 13.1. The Balaban J connectivity index is 1.82. The molecule has 1 spiro atoms. The SMILES string of the molecule is Fc1cnc(Cl)nc1N1CCOC2(CCCCC2)C1. The van der Waals surface area contributed by atoms with Crippen LogP contribution in [0, 0.1) is 5.82 Å². The molecule has 2 aliphatic rings. The first-order chi connectivity index (χ1) is 9.19. The van der Waals surface area contributed by atoms with Gasteiger partial charge in [-0.2, -0.15) is 4.98 Å². The molecule has 0 atom stereocenters. The van der Waals surface area contributed by atoms with E-state index in [-0.39, 0.29) is 10.9 Å². The standard InChI is InChI=1S/C13H17ClFN3O/c14-12-16-8-10(15)11(17-12)18-6-7-19-13(9-18)4-2-1-3-5-13/h8H,1-7,9H2. The van der Waals surface area contributed by atoms with Gasteiger partial charge >= 0.3 is 0 Å². The highest BCUT2D eigenvalue weighted by atomic mass is 35.5. The van der Waals surface area contributed by atoms with Crippen molar-refractivity contribution < 1.29 is 9.13 Å². The van der Waals surface area contributed by atoms with E-state index in [2.05, 4.69) is 9.97 Å². The van der Waals surface area contributed by atoms with E-state index < -0.39 is 5.82 Å². The van der Waals surface area contributed by atoms with Crippen molar-refractivity contribution in [1.29, 1.82) is 0 Å². The summed E-state index contributed by atoms with van der Waals surface area (Å²) in [5.41, 5.74) is -0.125. The minimum Gasteiger partial charge on any atom is -0.371 e. The second kappa shape index (κ2) is 5.21. The Labute approximate surface area is 116 Å². The lowest BCUT2D eigenvalue weighted by atomic mass is 9.83. The van der Waals surface area contributed by atoms with Gasteiger partial charge in [0.15, 0.2) is 11.6 Å². The lowest BCUT2D eigenvalue weighted by Gasteiger charge is -2.45. The summed E-state index contributed by atoms with van der Waals surface area (Å²) in [5.74, 6) is -0.120. The van der Waals surface area contributed by atoms with E-state index in [1.807, 2.05) is 4.90 Å². The number of hydrogen-bond acceptors (Lipinski definition) is 4. The topological polar surface area (TPSA) is 38.2 Å². The molecule has 104 valence electrons. The lowest BCUT2D eigenvalue weighted by Crippen LogP contribution is -2.53. The molecule has 3 rings (SSSR count). The maximum absolute atomic E-state index is 13.8. The van der Waals surface area contributed by atoms with Gasteiger partial charge in [-0.15, -0.1) is 0 Å². The summed E-state index contributed by atoms with van der Waals surface area (Å²) in [4.78, 5) is 9.63. The highest BCUT2D eigenvalue weighted by Crippen LogP contribution is 2.35. The molecule has 0 aromatic carbocycles. The van der Waals surface area contributed by atoms with Crippen LogP contribution in [-0.4, -0.2) is 35.3 Å². The summed E-state index contributed by atoms with van der Waals surface area (Å²) < 4.78 is 19.8. The average molecular weight is 286 g/mol. The van der Waals surface area contributed by atoms with Crippen LogP contribution in [0.1, 0.15) is 32.1 Å². The van der Waals surface area contributed by atoms with Gasteiger partial charge in [-0.3, -0.25) is 0 Å². The molecule has 1 saturated carbocycles. The number of anilines is 1. The summed E-state index contributed by atoms with van der Waals surface area (Å²) in [6, 6.07) is 0. The van der Waals surface area contributed by atoms with Gasteiger partial charge in [-0.25, -0.2) is 9.37 Å². The molecular weight excluding hydrogens is 269 g/mol. The van der Waals surface area contributed by atoms with Gasteiger partial charge in [0.25, 0.3) is 0 Å². The third-order valence-electron chi connectivity index (χ3n) is 4.01. The first-order valence-electron chi connectivity index (χ1n) is 6.76. The second-order valence-corrected chi connectivity index (χ2v) is 5.66. The Hall–Kier alpha value is -0.940. The zero-order chi connectivity index (χ0) is 13.3. The van der Waals surface area contributed by atoms with E-state index in [4.69, 9.17) is 16.3 Å². The molecule has 0 amide bonds. The van der Waals surface area contributed by atoms with E-state index in [0.717, 1.165) is 19.0 Å². The zero-order valence-electron chi connectivity index (χ0n) is 10.7. The number of nitrogens with zero attached hydrogens (tertiary/aromatic N) is 3. The van der Waals surface area contributed by atoms with Gasteiger partial charge < -0.3 is 9.64 Å². The largest absolute Gasteiger partial charge is 0.371 e. The van der Waals surface area contributed by atoms with Gasteiger partial charge in [0.05, 0.1) is 18.4 Å². The molecule has 0 N–H and O–H groups in total. The maximum Gasteiger partial charge on any atom is 0.224 e. The molecule has 1 aromatic rings. The van der Waals surface area contributed by atoms with Crippen molar-refractivity contribution in [2.24, 2.45) is 0 Å². The lowest BCUT2D eigenvalue weighted by molar-refractivity contribution is -0.0785. The number of hydrogen-bond donors (Lipinski definition) is 0. The van der Waals surface area contributed by atoms with Gasteiger partial charge in [0.2, 0.25) is 5.28 Å². The molecule has 0 unspecified atom stereocenters. The summed E-state index contributed by atoms with van der Waals surface area (Å²) in [6.07, 6.45) is 6.85. The van der Waals surface area contributed by atoms with E-state index in [1.165, 1.54) is 19.3 Å². The number of ether oxygens (including phenoxy) is 1. The zero-order valence-corrected chi connectivity index (χ0v) is 11.5. The quantitative estimate of drug-likeness (QED) is 0.744. The van der Waals surface area contributed by atoms with Crippen LogP contribution >= 0.6 is 11.6 Å². The van der Waals surface area contributed by atoms with E-state index >= 15 is 0 Å². The van der Waals surface area contributed by atoms with Crippen molar-refractivity contribution in [3.05, 3.63) is 17.3 Å². The second-order valence-electron chi connectivity index (χ2n) is 5.32. The third-order valence-corrected chi connectivity index (χ3v) is 4.19.